The van der Waals surface area contributed by atoms with Gasteiger partial charge in [0.15, 0.2) is 49.6 Å². The zero-order valence-corrected chi connectivity index (χ0v) is 53.5. The van der Waals surface area contributed by atoms with Crippen LogP contribution in [0, 0.1) is 5.92 Å². The minimum Gasteiger partial charge on any atom is -0.457 e. The number of ketones is 1. The molecule has 0 radical (unpaired) electrons. The monoisotopic (exact) mass is 1260 g/mol. The summed E-state index contributed by atoms with van der Waals surface area (Å²) in [5.74, 6) is -2.68. The van der Waals surface area contributed by atoms with Crippen LogP contribution in [-0.4, -0.2) is 235 Å². The van der Waals surface area contributed by atoms with E-state index in [1.54, 1.807) is 0 Å². The van der Waals surface area contributed by atoms with Gasteiger partial charge >= 0.3 is 23.9 Å². The van der Waals surface area contributed by atoms with E-state index in [1.807, 2.05) is 13.8 Å². The molecular formula is C62H108N2O24. The fourth-order valence-corrected chi connectivity index (χ4v) is 11.2. The molecule has 510 valence electrons. The minimum atomic E-state index is -1.93. The van der Waals surface area contributed by atoms with Crippen molar-refractivity contribution in [2.75, 3.05) is 53.6 Å². The average Bonchev–Trinajstić information content (AvgIpc) is 1.50. The first-order chi connectivity index (χ1) is 41.9. The third-order valence-corrected chi connectivity index (χ3v) is 15.9. The van der Waals surface area contributed by atoms with Gasteiger partial charge in [-0.1, -0.05) is 97.3 Å². The van der Waals surface area contributed by atoms with Crippen LogP contribution in [-0.2, 0) is 85.6 Å². The SMILES string of the molecule is CC(=O)O[C@@H]1[C@@H](OC(C)=O)[C@H](O[C@@H]2CO[C@@H](O[C@@H]3[C@@H](O[C@@H]4OC[C@H](OC(C)=O)[C@H](O)[C@H]4O)[C@H](O[C@@H](CC(C)C)[C@H](O)CCCCCCCC(=O)CCCCCCCCCCCCC(=O)NCCCCCN(C)C)OC[C@H]3O)[C@H](O)[C@H]2O)OC[C@@H]1OC(C)=O. The van der Waals surface area contributed by atoms with Gasteiger partial charge < -0.3 is 97.7 Å². The molecule has 7 N–H and O–H groups in total. The molecule has 26 heteroatoms. The predicted octanol–water partition coefficient (Wildman–Crippen LogP) is 3.72. The lowest BCUT2D eigenvalue weighted by Crippen LogP contribution is -2.64. The van der Waals surface area contributed by atoms with Gasteiger partial charge in [-0.05, 0) is 71.5 Å². The Morgan fingerprint density at radius 3 is 1.49 bits per heavy atom. The fourth-order valence-electron chi connectivity index (χ4n) is 11.2. The molecule has 0 aromatic rings. The van der Waals surface area contributed by atoms with E-state index in [1.165, 1.54) is 25.7 Å². The number of amides is 1. The van der Waals surface area contributed by atoms with Gasteiger partial charge in [-0.15, -0.1) is 0 Å². The molecule has 18 atom stereocenters. The third-order valence-electron chi connectivity index (χ3n) is 15.9. The smallest absolute Gasteiger partial charge is 0.303 e. The highest BCUT2D eigenvalue weighted by atomic mass is 16.8. The average molecular weight is 1270 g/mol. The molecule has 4 fully saturated rings. The van der Waals surface area contributed by atoms with E-state index in [0.717, 1.165) is 124 Å². The van der Waals surface area contributed by atoms with Crippen LogP contribution in [0.3, 0.4) is 0 Å². The molecule has 4 heterocycles. The number of carbonyl (C=O) groups excluding carboxylic acids is 6. The van der Waals surface area contributed by atoms with Crippen LogP contribution in [0.5, 0.6) is 0 Å². The molecule has 26 nitrogen and oxygen atoms in total. The second-order valence-electron chi connectivity index (χ2n) is 24.6. The number of Topliss-reactive ketones (excluding diaryl/α,β-unsaturated/α-hetero) is 1. The predicted molar refractivity (Wildman–Crippen MR) is 314 cm³/mol. The van der Waals surface area contributed by atoms with Crippen molar-refractivity contribution in [3.8, 4) is 0 Å². The number of ether oxygens (including phenoxy) is 12. The number of carbonyl (C=O) groups is 6. The maximum atomic E-state index is 12.7. The zero-order valence-electron chi connectivity index (χ0n) is 53.5. The molecule has 0 spiro atoms. The van der Waals surface area contributed by atoms with Gasteiger partial charge in [0, 0.05) is 53.5 Å². The van der Waals surface area contributed by atoms with E-state index >= 15 is 0 Å². The summed E-state index contributed by atoms with van der Waals surface area (Å²) in [6, 6.07) is 0. The maximum absolute atomic E-state index is 12.7. The van der Waals surface area contributed by atoms with Crippen LogP contribution in [0.25, 0.3) is 0 Å². The number of rotatable bonds is 42. The number of aliphatic hydroxyl groups is 6. The number of esters is 4. The van der Waals surface area contributed by atoms with Crippen molar-refractivity contribution in [2.45, 2.75) is 300 Å². The van der Waals surface area contributed by atoms with Gasteiger partial charge in [-0.3, -0.25) is 28.8 Å². The van der Waals surface area contributed by atoms with Gasteiger partial charge in [-0.25, -0.2) is 0 Å². The molecule has 1 amide bonds. The van der Waals surface area contributed by atoms with Crippen LogP contribution < -0.4 is 5.32 Å². The quantitative estimate of drug-likeness (QED) is 0.0260. The summed E-state index contributed by atoms with van der Waals surface area (Å²) in [6.07, 6.45) is -6.35. The third kappa shape index (κ3) is 28.5. The summed E-state index contributed by atoms with van der Waals surface area (Å²) in [5.41, 5.74) is 0. The topological polar surface area (TPSA) is 350 Å². The van der Waals surface area contributed by atoms with Gasteiger partial charge in [0.1, 0.15) is 54.6 Å². The van der Waals surface area contributed by atoms with Crippen molar-refractivity contribution in [3.05, 3.63) is 0 Å². The minimum absolute atomic E-state index is 0.0000897. The summed E-state index contributed by atoms with van der Waals surface area (Å²) >= 11 is 0. The van der Waals surface area contributed by atoms with Crippen molar-refractivity contribution in [2.24, 2.45) is 5.92 Å². The Balaban J connectivity index is 1.25. The Kier molecular flexibility index (Phi) is 36.5. The van der Waals surface area contributed by atoms with Crippen LogP contribution >= 0.6 is 0 Å². The summed E-state index contributed by atoms with van der Waals surface area (Å²) < 4.78 is 69.4. The second-order valence-corrected chi connectivity index (χ2v) is 24.6. The summed E-state index contributed by atoms with van der Waals surface area (Å²) in [7, 11) is 4.15. The molecule has 4 rings (SSSR count). The summed E-state index contributed by atoms with van der Waals surface area (Å²) in [5, 5.41) is 71.5. The summed E-state index contributed by atoms with van der Waals surface area (Å²) in [6.45, 7) is 8.36. The molecule has 88 heavy (non-hydrogen) atoms. The zero-order chi connectivity index (χ0) is 64.7. The number of hydrogen-bond acceptors (Lipinski definition) is 25. The van der Waals surface area contributed by atoms with Crippen molar-refractivity contribution in [3.63, 3.8) is 0 Å². The molecule has 0 aromatic carbocycles. The number of unbranched alkanes of at least 4 members (excludes halogenated alkanes) is 15. The molecule has 4 saturated heterocycles. The second kappa shape index (κ2) is 41.8. The first-order valence-electron chi connectivity index (χ1n) is 32.2. The van der Waals surface area contributed by atoms with E-state index in [2.05, 4.69) is 24.3 Å². The van der Waals surface area contributed by atoms with Gasteiger partial charge in [0.05, 0.1) is 38.6 Å². The number of hydrogen-bond donors (Lipinski definition) is 7. The molecule has 0 aromatic heterocycles. The van der Waals surface area contributed by atoms with Crippen molar-refractivity contribution < 1.29 is 116 Å². The molecule has 0 unspecified atom stereocenters. The van der Waals surface area contributed by atoms with E-state index in [9.17, 15) is 59.4 Å². The van der Waals surface area contributed by atoms with Gasteiger partial charge in [-0.2, -0.15) is 0 Å². The fraction of sp³-hybridized carbons (Fsp3) is 0.903. The molecule has 4 aliphatic rings. The highest BCUT2D eigenvalue weighted by Crippen LogP contribution is 2.34. The largest absolute Gasteiger partial charge is 0.457 e. The van der Waals surface area contributed by atoms with E-state index in [-0.39, 0.29) is 17.6 Å². The first-order valence-corrected chi connectivity index (χ1v) is 32.2. The number of nitrogens with one attached hydrogen (secondary N) is 1. The van der Waals surface area contributed by atoms with Crippen LogP contribution in [0.2, 0.25) is 0 Å². The Labute approximate surface area is 519 Å². The van der Waals surface area contributed by atoms with Gasteiger partial charge in [0.2, 0.25) is 5.91 Å². The highest BCUT2D eigenvalue weighted by molar-refractivity contribution is 5.78. The van der Waals surface area contributed by atoms with Crippen LogP contribution in [0.4, 0.5) is 0 Å². The van der Waals surface area contributed by atoms with Gasteiger partial charge in [0.25, 0.3) is 0 Å². The van der Waals surface area contributed by atoms with E-state index in [4.69, 9.17) is 56.8 Å². The van der Waals surface area contributed by atoms with Crippen LogP contribution in [0.1, 0.15) is 189 Å². The Morgan fingerprint density at radius 1 is 0.477 bits per heavy atom. The lowest BCUT2D eigenvalue weighted by Gasteiger charge is -2.47. The summed E-state index contributed by atoms with van der Waals surface area (Å²) in [4.78, 5) is 75.0. The van der Waals surface area contributed by atoms with Crippen LogP contribution in [0.15, 0.2) is 0 Å². The molecular weight excluding hydrogens is 1160 g/mol. The highest BCUT2D eigenvalue weighted by Gasteiger charge is 2.54. The van der Waals surface area contributed by atoms with E-state index in [0.29, 0.717) is 38.5 Å². The molecule has 0 aliphatic carbocycles. The lowest BCUT2D eigenvalue weighted by atomic mass is 9.96. The molecule has 0 saturated carbocycles. The Morgan fingerprint density at radius 2 is 0.932 bits per heavy atom. The van der Waals surface area contributed by atoms with Crippen molar-refractivity contribution in [1.82, 2.24) is 10.2 Å². The number of aliphatic hydroxyl groups excluding tert-OH is 6. The standard InChI is InChI=1S/C62H108N2O24/c1-38(2)33-46(44(70)29-23-18-15-17-22-28-43(69)27-21-16-13-11-9-10-12-14-19-24-30-50(72)63-31-25-20-26-32-64(7)8)85-61-57(88-60-53(75)51(73)47(35-78-60)81-39(3)65)55(45(71)34-77-61)87-59-54(76)52(74)48(36-79-59)86-62-58(84-42(6)68)56(83-41(5)67)49(37-80-62)82-40(4)66/h38,44-49,51-62,70-71,73-76H,9-37H2,1-8H3,(H,63,72)/t44-,45-,46+,47+,48-,49+,51+,52+,53-,54-,55+,56+,57-,58-,59+,60+,61+,62+/m1/s1. The lowest BCUT2D eigenvalue weighted by molar-refractivity contribution is -0.379. The normalized spacial score (nSPS) is 29.9. The first kappa shape index (κ1) is 76.9. The Bertz CT molecular complexity index is 2020. The molecule has 0 bridgehead atoms. The van der Waals surface area contributed by atoms with Crippen molar-refractivity contribution >= 4 is 35.6 Å². The maximum Gasteiger partial charge on any atom is 0.303 e. The Hall–Kier alpha value is -3.58. The van der Waals surface area contributed by atoms with Crippen molar-refractivity contribution in [1.29, 1.82) is 0 Å². The number of nitrogens with zero attached hydrogens (tertiary/aromatic N) is 1. The van der Waals surface area contributed by atoms with E-state index < -0.39 is 161 Å². The molecule has 4 aliphatic heterocycles.